The smallest absolute Gasteiger partial charge is 0.0672 e. The Balaban J connectivity index is 2.29. The largest absolute Gasteiger partial charge is 0.346 e. The Morgan fingerprint density at radius 2 is 2.14 bits per heavy atom. The molecule has 70 valence electrons. The molecule has 2 nitrogen and oxygen atoms in total. The van der Waals surface area contributed by atoms with E-state index in [1.54, 1.807) is 0 Å². The van der Waals surface area contributed by atoms with Crippen LogP contribution in [0.3, 0.4) is 0 Å². The molecule has 3 heteroatoms. The average molecular weight is 202 g/mol. The Morgan fingerprint density at radius 3 is 3.00 bits per heavy atom. The first-order valence-electron chi connectivity index (χ1n) is 4.49. The van der Waals surface area contributed by atoms with Gasteiger partial charge in [-0.15, -0.1) is 0 Å². The molecular weight excluding hydrogens is 192 g/mol. The Bertz CT molecular complexity index is 481. The molecule has 0 amide bonds. The predicted molar refractivity (Wildman–Crippen MR) is 61.8 cm³/mol. The van der Waals surface area contributed by atoms with Crippen molar-refractivity contribution in [3.05, 3.63) is 36.5 Å². The number of thiocarbonyl (C=S) groups is 1. The Labute approximate surface area is 87.9 Å². The van der Waals surface area contributed by atoms with Crippen molar-refractivity contribution in [3.63, 3.8) is 0 Å². The molecule has 0 fully saturated rings. The van der Waals surface area contributed by atoms with Crippen LogP contribution in [0, 0.1) is 0 Å². The van der Waals surface area contributed by atoms with Gasteiger partial charge in [0.15, 0.2) is 0 Å². The summed E-state index contributed by atoms with van der Waals surface area (Å²) in [5, 5.41) is 3.64. The summed E-state index contributed by atoms with van der Waals surface area (Å²) >= 11 is 4.52. The fraction of sp³-hybridized carbons (Fsp3) is 0.182. The van der Waals surface area contributed by atoms with Crippen LogP contribution >= 0.6 is 12.2 Å². The second-order valence-electron chi connectivity index (χ2n) is 3.04. The summed E-state index contributed by atoms with van der Waals surface area (Å²) in [6, 6.07) is 10.4. The quantitative estimate of drug-likeness (QED) is 0.552. The maximum atomic E-state index is 4.52. The summed E-state index contributed by atoms with van der Waals surface area (Å²) in [7, 11) is 0. The van der Waals surface area contributed by atoms with Crippen LogP contribution in [0.4, 0.5) is 0 Å². The van der Waals surface area contributed by atoms with Gasteiger partial charge < -0.3 is 4.57 Å². The van der Waals surface area contributed by atoms with Crippen LogP contribution in [-0.4, -0.2) is 16.3 Å². The van der Waals surface area contributed by atoms with Gasteiger partial charge >= 0.3 is 0 Å². The third-order valence-corrected chi connectivity index (χ3v) is 2.33. The highest BCUT2D eigenvalue weighted by Crippen LogP contribution is 2.14. The molecule has 0 saturated heterocycles. The van der Waals surface area contributed by atoms with Crippen molar-refractivity contribution < 1.29 is 0 Å². The lowest BCUT2D eigenvalue weighted by molar-refractivity contribution is 0.739. The van der Waals surface area contributed by atoms with Crippen molar-refractivity contribution in [2.24, 2.45) is 4.99 Å². The summed E-state index contributed by atoms with van der Waals surface area (Å²) < 4.78 is 2.17. The van der Waals surface area contributed by atoms with Gasteiger partial charge in [-0.2, -0.15) is 0 Å². The molecule has 1 heterocycles. The normalized spacial score (nSPS) is 10.0. The maximum absolute atomic E-state index is 4.52. The van der Waals surface area contributed by atoms with E-state index in [9.17, 15) is 0 Å². The number of isothiocyanates is 1. The van der Waals surface area contributed by atoms with Gasteiger partial charge in [-0.3, -0.25) is 0 Å². The van der Waals surface area contributed by atoms with Crippen LogP contribution < -0.4 is 0 Å². The number of hydrogen-bond acceptors (Lipinski definition) is 2. The van der Waals surface area contributed by atoms with Gasteiger partial charge in [-0.25, -0.2) is 4.99 Å². The van der Waals surface area contributed by atoms with E-state index in [2.05, 4.69) is 51.3 Å². The molecule has 1 aromatic carbocycles. The molecule has 0 spiro atoms. The first-order valence-corrected chi connectivity index (χ1v) is 4.90. The highest BCUT2D eigenvalue weighted by Gasteiger charge is 1.97. The molecule has 0 saturated carbocycles. The monoisotopic (exact) mass is 202 g/mol. The van der Waals surface area contributed by atoms with E-state index >= 15 is 0 Å². The second kappa shape index (κ2) is 4.18. The standard InChI is InChI=1S/C11H10N2S/c14-9-12-6-8-13-7-5-10-3-1-2-4-11(10)13/h1-5,7H,6,8H2. The van der Waals surface area contributed by atoms with Gasteiger partial charge in [-0.05, 0) is 29.7 Å². The number of hydrogen-bond donors (Lipinski definition) is 0. The van der Waals surface area contributed by atoms with Crippen molar-refractivity contribution in [1.82, 2.24) is 4.57 Å². The van der Waals surface area contributed by atoms with Gasteiger partial charge in [0.2, 0.25) is 0 Å². The molecule has 0 radical (unpaired) electrons. The molecule has 0 N–H and O–H groups in total. The van der Waals surface area contributed by atoms with Crippen LogP contribution in [0.5, 0.6) is 0 Å². The molecule has 0 atom stereocenters. The zero-order chi connectivity index (χ0) is 9.80. The lowest BCUT2D eigenvalue weighted by atomic mass is 10.2. The van der Waals surface area contributed by atoms with Crippen molar-refractivity contribution in [2.75, 3.05) is 6.54 Å². The van der Waals surface area contributed by atoms with Gasteiger partial charge in [0.05, 0.1) is 11.7 Å². The summed E-state index contributed by atoms with van der Waals surface area (Å²) in [5.74, 6) is 0. The molecule has 14 heavy (non-hydrogen) atoms. The van der Waals surface area contributed by atoms with Crippen LogP contribution in [0.15, 0.2) is 41.5 Å². The number of benzene rings is 1. The van der Waals surface area contributed by atoms with E-state index in [1.807, 2.05) is 12.1 Å². The van der Waals surface area contributed by atoms with Crippen molar-refractivity contribution in [2.45, 2.75) is 6.54 Å². The van der Waals surface area contributed by atoms with Gasteiger partial charge in [0, 0.05) is 18.3 Å². The molecule has 0 aliphatic rings. The SMILES string of the molecule is S=C=NCCn1ccc2ccccc21. The molecule has 0 aliphatic carbocycles. The third-order valence-electron chi connectivity index (χ3n) is 2.20. The van der Waals surface area contributed by atoms with Crippen LogP contribution in [0.2, 0.25) is 0 Å². The van der Waals surface area contributed by atoms with Crippen LogP contribution in [0.1, 0.15) is 0 Å². The number of nitrogens with zero attached hydrogens (tertiary/aromatic N) is 2. The van der Waals surface area contributed by atoms with Gasteiger partial charge in [0.1, 0.15) is 0 Å². The molecule has 2 aromatic rings. The highest BCUT2D eigenvalue weighted by atomic mass is 32.1. The summed E-state index contributed by atoms with van der Waals surface area (Å²) in [6.45, 7) is 1.55. The molecule has 0 bridgehead atoms. The molecule has 2 rings (SSSR count). The number of fused-ring (bicyclic) bond motifs is 1. The molecule has 0 unspecified atom stereocenters. The first-order chi connectivity index (χ1) is 6.92. The van der Waals surface area contributed by atoms with E-state index in [0.717, 1.165) is 6.54 Å². The fourth-order valence-electron chi connectivity index (χ4n) is 1.54. The molecular formula is C11H10N2S. The highest BCUT2D eigenvalue weighted by molar-refractivity contribution is 7.78. The Kier molecular flexibility index (Phi) is 2.73. The topological polar surface area (TPSA) is 17.3 Å². The van der Waals surface area contributed by atoms with E-state index in [-0.39, 0.29) is 0 Å². The number of para-hydroxylation sites is 1. The molecule has 1 aromatic heterocycles. The third kappa shape index (κ3) is 1.74. The maximum Gasteiger partial charge on any atom is 0.0672 e. The molecule has 0 aliphatic heterocycles. The van der Waals surface area contributed by atoms with Crippen molar-refractivity contribution in [1.29, 1.82) is 0 Å². The average Bonchev–Trinajstić information content (AvgIpc) is 2.63. The van der Waals surface area contributed by atoms with E-state index in [0.29, 0.717) is 6.54 Å². The van der Waals surface area contributed by atoms with Crippen molar-refractivity contribution in [3.8, 4) is 0 Å². The zero-order valence-electron chi connectivity index (χ0n) is 7.68. The Morgan fingerprint density at radius 1 is 1.29 bits per heavy atom. The van der Waals surface area contributed by atoms with E-state index in [4.69, 9.17) is 0 Å². The minimum Gasteiger partial charge on any atom is -0.346 e. The fourth-order valence-corrected chi connectivity index (χ4v) is 1.63. The lowest BCUT2D eigenvalue weighted by Gasteiger charge is -2.01. The summed E-state index contributed by atoms with van der Waals surface area (Å²) in [5.41, 5.74) is 1.24. The number of aromatic nitrogens is 1. The van der Waals surface area contributed by atoms with Gasteiger partial charge in [-0.1, -0.05) is 18.2 Å². The van der Waals surface area contributed by atoms with E-state index < -0.39 is 0 Å². The lowest BCUT2D eigenvalue weighted by Crippen LogP contribution is -1.98. The van der Waals surface area contributed by atoms with Crippen molar-refractivity contribution >= 4 is 28.3 Å². The zero-order valence-corrected chi connectivity index (χ0v) is 8.50. The number of rotatable bonds is 3. The summed E-state index contributed by atoms with van der Waals surface area (Å²) in [6.07, 6.45) is 2.07. The minimum atomic E-state index is 0.697. The van der Waals surface area contributed by atoms with Gasteiger partial charge in [0.25, 0.3) is 0 Å². The first kappa shape index (κ1) is 9.13. The second-order valence-corrected chi connectivity index (χ2v) is 3.22. The Hall–Kier alpha value is -1.44. The van der Waals surface area contributed by atoms with Crippen LogP contribution in [0.25, 0.3) is 10.9 Å². The summed E-state index contributed by atoms with van der Waals surface area (Å²) in [4.78, 5) is 3.90. The minimum absolute atomic E-state index is 0.697. The van der Waals surface area contributed by atoms with Crippen LogP contribution in [-0.2, 0) is 6.54 Å². The number of aliphatic imine (C=N–C) groups is 1. The van der Waals surface area contributed by atoms with E-state index in [1.165, 1.54) is 10.9 Å². The predicted octanol–water partition coefficient (Wildman–Crippen LogP) is 2.74.